The van der Waals surface area contributed by atoms with Crippen molar-refractivity contribution >= 4 is 17.7 Å². The zero-order chi connectivity index (χ0) is 16.6. The van der Waals surface area contributed by atoms with Gasteiger partial charge < -0.3 is 14.6 Å². The Morgan fingerprint density at radius 3 is 2.36 bits per heavy atom. The van der Waals surface area contributed by atoms with Crippen LogP contribution >= 0.6 is 0 Å². The van der Waals surface area contributed by atoms with Crippen LogP contribution < -0.4 is 0 Å². The number of amides is 1. The summed E-state index contributed by atoms with van der Waals surface area (Å²) in [5, 5.41) is 0. The summed E-state index contributed by atoms with van der Waals surface area (Å²) in [6.07, 6.45) is 1.80. The molecular formula is C16H22N2O4. The van der Waals surface area contributed by atoms with Gasteiger partial charge in [0.05, 0.1) is 13.2 Å². The first kappa shape index (κ1) is 16.3. The molecule has 2 rings (SSSR count). The molecule has 1 fully saturated rings. The molecule has 0 radical (unpaired) electrons. The molecule has 22 heavy (non-hydrogen) atoms. The molecule has 1 aliphatic rings. The van der Waals surface area contributed by atoms with Gasteiger partial charge in [-0.1, -0.05) is 0 Å². The highest BCUT2D eigenvalue weighted by Crippen LogP contribution is 2.31. The molecule has 0 aromatic carbocycles. The molecule has 1 aliphatic carbocycles. The van der Waals surface area contributed by atoms with E-state index in [1.807, 2.05) is 0 Å². The lowest BCUT2D eigenvalue weighted by molar-refractivity contribution is -0.132. The molecule has 1 saturated carbocycles. The number of Topliss-reactive ketones (excluding diaryl/α,β-unsaturated/α-hetero) is 1. The van der Waals surface area contributed by atoms with Gasteiger partial charge in [0.25, 0.3) is 0 Å². The summed E-state index contributed by atoms with van der Waals surface area (Å²) >= 11 is 0. The van der Waals surface area contributed by atoms with E-state index in [1.165, 1.54) is 12.0 Å². The van der Waals surface area contributed by atoms with Crippen LogP contribution in [-0.4, -0.2) is 47.7 Å². The Labute approximate surface area is 129 Å². The summed E-state index contributed by atoms with van der Waals surface area (Å²) in [4.78, 5) is 40.9. The van der Waals surface area contributed by atoms with E-state index in [1.54, 1.807) is 27.8 Å². The van der Waals surface area contributed by atoms with Crippen LogP contribution in [0.5, 0.6) is 0 Å². The second-order valence-electron chi connectivity index (χ2n) is 5.88. The lowest BCUT2D eigenvalue weighted by atomic mass is 10.00. The van der Waals surface area contributed by atoms with E-state index in [9.17, 15) is 14.4 Å². The minimum Gasteiger partial charge on any atom is -0.464 e. The number of rotatable bonds is 5. The third-order valence-corrected chi connectivity index (χ3v) is 4.31. The molecule has 1 N–H and O–H groups in total. The van der Waals surface area contributed by atoms with Crippen LogP contribution in [0.1, 0.15) is 51.9 Å². The number of ketones is 1. The maximum atomic E-state index is 12.7. The van der Waals surface area contributed by atoms with Gasteiger partial charge >= 0.3 is 5.97 Å². The zero-order valence-electron chi connectivity index (χ0n) is 13.6. The van der Waals surface area contributed by atoms with Crippen LogP contribution in [0.2, 0.25) is 0 Å². The largest absolute Gasteiger partial charge is 0.464 e. The van der Waals surface area contributed by atoms with Crippen molar-refractivity contribution in [2.24, 2.45) is 5.92 Å². The first-order chi connectivity index (χ1) is 10.3. The molecule has 1 heterocycles. The Kier molecular flexibility index (Phi) is 4.39. The third kappa shape index (κ3) is 2.77. The van der Waals surface area contributed by atoms with E-state index in [0.29, 0.717) is 16.8 Å². The number of hydrogen-bond acceptors (Lipinski definition) is 4. The topological polar surface area (TPSA) is 79.5 Å². The minimum atomic E-state index is -0.563. The molecule has 120 valence electrons. The fraction of sp³-hybridized carbons (Fsp3) is 0.562. The van der Waals surface area contributed by atoms with E-state index < -0.39 is 12.0 Å². The van der Waals surface area contributed by atoms with Gasteiger partial charge in [-0.25, -0.2) is 4.79 Å². The van der Waals surface area contributed by atoms with Gasteiger partial charge in [0.2, 0.25) is 5.91 Å². The van der Waals surface area contributed by atoms with Crippen molar-refractivity contribution in [2.75, 3.05) is 14.2 Å². The number of aromatic nitrogens is 1. The molecule has 0 spiro atoms. The van der Waals surface area contributed by atoms with Crippen LogP contribution in [-0.2, 0) is 9.53 Å². The number of ether oxygens (including phenoxy) is 1. The molecular weight excluding hydrogens is 284 g/mol. The second-order valence-corrected chi connectivity index (χ2v) is 5.88. The molecule has 0 bridgehead atoms. The van der Waals surface area contributed by atoms with E-state index >= 15 is 0 Å². The summed E-state index contributed by atoms with van der Waals surface area (Å²) in [7, 11) is 2.95. The molecule has 6 heteroatoms. The summed E-state index contributed by atoms with van der Waals surface area (Å²) in [5.41, 5.74) is 1.92. The number of nitrogens with one attached hydrogen (secondary N) is 1. The van der Waals surface area contributed by atoms with E-state index in [-0.39, 0.29) is 23.3 Å². The van der Waals surface area contributed by atoms with E-state index in [0.717, 1.165) is 12.8 Å². The highest BCUT2D eigenvalue weighted by molar-refractivity contribution is 6.06. The van der Waals surface area contributed by atoms with E-state index in [2.05, 4.69) is 4.98 Å². The summed E-state index contributed by atoms with van der Waals surface area (Å²) < 4.78 is 4.71. The number of carbonyl (C=O) groups is 3. The molecule has 0 saturated heterocycles. The van der Waals surface area contributed by atoms with Crippen molar-refractivity contribution in [1.29, 1.82) is 0 Å². The Hall–Kier alpha value is -2.11. The quantitative estimate of drug-likeness (QED) is 0.665. The predicted molar refractivity (Wildman–Crippen MR) is 80.9 cm³/mol. The van der Waals surface area contributed by atoms with Gasteiger partial charge in [-0.2, -0.15) is 0 Å². The molecule has 1 aromatic rings. The number of carbonyl (C=O) groups excluding carboxylic acids is 3. The number of H-pyrrole nitrogens is 1. The minimum absolute atomic E-state index is 0.0138. The smallest absolute Gasteiger partial charge is 0.354 e. The van der Waals surface area contributed by atoms with E-state index in [4.69, 9.17) is 4.74 Å². The average molecular weight is 306 g/mol. The summed E-state index contributed by atoms with van der Waals surface area (Å²) in [5.74, 6) is -0.591. The van der Waals surface area contributed by atoms with Crippen molar-refractivity contribution in [3.63, 3.8) is 0 Å². The molecule has 1 amide bonds. The van der Waals surface area contributed by atoms with Crippen LogP contribution in [0.3, 0.4) is 0 Å². The maximum Gasteiger partial charge on any atom is 0.354 e. The van der Waals surface area contributed by atoms with Crippen LogP contribution in [0.25, 0.3) is 0 Å². The van der Waals surface area contributed by atoms with Crippen LogP contribution in [0.15, 0.2) is 0 Å². The van der Waals surface area contributed by atoms with Crippen molar-refractivity contribution in [1.82, 2.24) is 9.88 Å². The molecule has 1 aromatic heterocycles. The normalized spacial score (nSPS) is 15.3. The van der Waals surface area contributed by atoms with Gasteiger partial charge in [0.15, 0.2) is 5.78 Å². The molecule has 1 unspecified atom stereocenters. The number of aromatic amines is 1. The Balaban J connectivity index is 2.27. The van der Waals surface area contributed by atoms with Gasteiger partial charge in [-0.15, -0.1) is 0 Å². The number of likely N-dealkylation sites (N-methyl/N-ethyl adjacent to an activating group) is 1. The highest BCUT2D eigenvalue weighted by atomic mass is 16.5. The SMILES string of the molecule is COC(=O)c1[nH]c(C)c(C(=O)C(C)N(C)C(=O)C2CC2)c1C. The van der Waals surface area contributed by atoms with Crippen LogP contribution in [0, 0.1) is 19.8 Å². The first-order valence-electron chi connectivity index (χ1n) is 7.37. The average Bonchev–Trinajstić information content (AvgIpc) is 3.30. The fourth-order valence-electron chi connectivity index (χ4n) is 2.62. The lowest BCUT2D eigenvalue weighted by Gasteiger charge is -2.24. The third-order valence-electron chi connectivity index (χ3n) is 4.31. The Morgan fingerprint density at radius 1 is 1.27 bits per heavy atom. The summed E-state index contributed by atoms with van der Waals surface area (Å²) in [6.45, 7) is 5.16. The first-order valence-corrected chi connectivity index (χ1v) is 7.37. The summed E-state index contributed by atoms with van der Waals surface area (Å²) in [6, 6.07) is -0.563. The zero-order valence-corrected chi connectivity index (χ0v) is 13.6. The van der Waals surface area contributed by atoms with Crippen molar-refractivity contribution in [3.8, 4) is 0 Å². The monoisotopic (exact) mass is 306 g/mol. The van der Waals surface area contributed by atoms with Gasteiger partial charge in [-0.05, 0) is 39.2 Å². The molecule has 1 atom stereocenters. The number of nitrogens with zero attached hydrogens (tertiary/aromatic N) is 1. The lowest BCUT2D eigenvalue weighted by Crippen LogP contribution is -2.41. The number of hydrogen-bond donors (Lipinski definition) is 1. The van der Waals surface area contributed by atoms with Gasteiger partial charge in [-0.3, -0.25) is 9.59 Å². The predicted octanol–water partition coefficient (Wildman–Crippen LogP) is 1.86. The molecule has 6 nitrogen and oxygen atoms in total. The Morgan fingerprint density at radius 2 is 1.86 bits per heavy atom. The van der Waals surface area contributed by atoms with Gasteiger partial charge in [0.1, 0.15) is 5.69 Å². The maximum absolute atomic E-state index is 12.7. The van der Waals surface area contributed by atoms with Crippen molar-refractivity contribution < 1.29 is 19.1 Å². The number of methoxy groups -OCH3 is 1. The molecule has 0 aliphatic heterocycles. The second kappa shape index (κ2) is 5.94. The van der Waals surface area contributed by atoms with Crippen molar-refractivity contribution in [2.45, 2.75) is 39.7 Å². The van der Waals surface area contributed by atoms with Crippen molar-refractivity contribution in [3.05, 3.63) is 22.5 Å². The number of aryl methyl sites for hydroxylation is 1. The fourth-order valence-corrected chi connectivity index (χ4v) is 2.62. The van der Waals surface area contributed by atoms with Crippen LogP contribution in [0.4, 0.5) is 0 Å². The standard InChI is InChI=1S/C16H22N2O4/c1-8-12(9(2)17-13(8)16(21)22-5)14(19)10(3)18(4)15(20)11-6-7-11/h10-11,17H,6-7H2,1-5H3. The Bertz CT molecular complexity index is 628. The highest BCUT2D eigenvalue weighted by Gasteiger charge is 2.36. The number of esters is 1. The van der Waals surface area contributed by atoms with Gasteiger partial charge in [0, 0.05) is 24.2 Å².